The van der Waals surface area contributed by atoms with E-state index < -0.39 is 22.1 Å². The molecular formula is C10H11NO5. The van der Waals surface area contributed by atoms with Crippen LogP contribution in [0.25, 0.3) is 0 Å². The van der Waals surface area contributed by atoms with Crippen LogP contribution in [0, 0.1) is 10.1 Å². The Bertz CT molecular complexity index is 406. The molecule has 86 valence electrons. The molecule has 0 unspecified atom stereocenters. The third kappa shape index (κ3) is 2.28. The lowest BCUT2D eigenvalue weighted by molar-refractivity contribution is -0.386. The van der Waals surface area contributed by atoms with Crippen LogP contribution in [0.4, 0.5) is 5.69 Å². The Kier molecular flexibility index (Phi) is 3.44. The third-order valence-electron chi connectivity index (χ3n) is 1.95. The van der Waals surface area contributed by atoms with Crippen LogP contribution < -0.4 is 4.74 Å². The van der Waals surface area contributed by atoms with Crippen molar-refractivity contribution in [3.63, 3.8) is 0 Å². The zero-order valence-electron chi connectivity index (χ0n) is 8.89. The molecule has 0 aromatic heterocycles. The molecule has 6 heteroatoms. The van der Waals surface area contributed by atoms with Crippen LogP contribution >= 0.6 is 0 Å². The van der Waals surface area contributed by atoms with Crippen LogP contribution in [0.5, 0.6) is 11.5 Å². The molecule has 0 atom stereocenters. The molecule has 0 aliphatic carbocycles. The standard InChI is InChI=1S/C10H11NO5/c1-3-16-7-4-8(6(2)12)10(13)9(5-7)11(14)15/h4-5,13H,3H2,1-2H3. The van der Waals surface area contributed by atoms with Crippen molar-refractivity contribution in [3.8, 4) is 11.5 Å². The number of benzene rings is 1. The van der Waals surface area contributed by atoms with Gasteiger partial charge in [0.05, 0.1) is 23.2 Å². The molecule has 0 spiro atoms. The van der Waals surface area contributed by atoms with Crippen molar-refractivity contribution in [2.75, 3.05) is 6.61 Å². The molecule has 0 aliphatic rings. The van der Waals surface area contributed by atoms with Gasteiger partial charge in [0.15, 0.2) is 5.78 Å². The number of nitro benzene ring substituents is 1. The molecule has 0 saturated heterocycles. The summed E-state index contributed by atoms with van der Waals surface area (Å²) in [7, 11) is 0. The van der Waals surface area contributed by atoms with Crippen molar-refractivity contribution in [1.82, 2.24) is 0 Å². The van der Waals surface area contributed by atoms with E-state index in [2.05, 4.69) is 0 Å². The number of carbonyl (C=O) groups is 1. The largest absolute Gasteiger partial charge is 0.502 e. The maximum atomic E-state index is 11.2. The van der Waals surface area contributed by atoms with Gasteiger partial charge in [-0.3, -0.25) is 14.9 Å². The molecule has 0 fully saturated rings. The summed E-state index contributed by atoms with van der Waals surface area (Å²) in [6.45, 7) is 3.25. The molecule has 16 heavy (non-hydrogen) atoms. The monoisotopic (exact) mass is 225 g/mol. The number of aromatic hydroxyl groups is 1. The molecule has 1 rings (SSSR count). The van der Waals surface area contributed by atoms with E-state index in [0.29, 0.717) is 6.61 Å². The summed E-state index contributed by atoms with van der Waals surface area (Å²) < 4.78 is 5.07. The average Bonchev–Trinajstić information content (AvgIpc) is 2.19. The van der Waals surface area contributed by atoms with Crippen molar-refractivity contribution in [2.45, 2.75) is 13.8 Å². The van der Waals surface area contributed by atoms with Crippen molar-refractivity contribution in [1.29, 1.82) is 0 Å². The van der Waals surface area contributed by atoms with Gasteiger partial charge in [-0.1, -0.05) is 0 Å². The lowest BCUT2D eigenvalue weighted by Crippen LogP contribution is -2.00. The van der Waals surface area contributed by atoms with E-state index >= 15 is 0 Å². The molecular weight excluding hydrogens is 214 g/mol. The highest BCUT2D eigenvalue weighted by molar-refractivity contribution is 5.98. The summed E-state index contributed by atoms with van der Waals surface area (Å²) in [4.78, 5) is 21.0. The first-order valence-electron chi connectivity index (χ1n) is 4.62. The van der Waals surface area contributed by atoms with E-state index in [-0.39, 0.29) is 11.3 Å². The Morgan fingerprint density at radius 2 is 2.19 bits per heavy atom. The Hall–Kier alpha value is -2.11. The molecule has 0 aliphatic heterocycles. The van der Waals surface area contributed by atoms with E-state index in [0.717, 1.165) is 6.07 Å². The van der Waals surface area contributed by atoms with Gasteiger partial charge in [0.25, 0.3) is 0 Å². The molecule has 0 heterocycles. The summed E-state index contributed by atoms with van der Waals surface area (Å²) >= 11 is 0. The van der Waals surface area contributed by atoms with Gasteiger partial charge in [0.2, 0.25) is 5.75 Å². The van der Waals surface area contributed by atoms with Crippen molar-refractivity contribution >= 4 is 11.5 Å². The highest BCUT2D eigenvalue weighted by atomic mass is 16.6. The van der Waals surface area contributed by atoms with Gasteiger partial charge in [-0.25, -0.2) is 0 Å². The van der Waals surface area contributed by atoms with E-state index in [9.17, 15) is 20.0 Å². The first kappa shape index (κ1) is 12.0. The quantitative estimate of drug-likeness (QED) is 0.480. The van der Waals surface area contributed by atoms with Crippen LogP contribution in [-0.4, -0.2) is 22.4 Å². The average molecular weight is 225 g/mol. The van der Waals surface area contributed by atoms with Gasteiger partial charge in [0, 0.05) is 0 Å². The van der Waals surface area contributed by atoms with Gasteiger partial charge < -0.3 is 9.84 Å². The van der Waals surface area contributed by atoms with Gasteiger partial charge in [0.1, 0.15) is 5.75 Å². The Labute approximate surface area is 91.6 Å². The van der Waals surface area contributed by atoms with Gasteiger partial charge in [-0.2, -0.15) is 0 Å². The number of rotatable bonds is 4. The lowest BCUT2D eigenvalue weighted by Gasteiger charge is -2.06. The smallest absolute Gasteiger partial charge is 0.315 e. The fourth-order valence-electron chi connectivity index (χ4n) is 1.25. The number of phenols is 1. The molecule has 0 radical (unpaired) electrons. The Morgan fingerprint density at radius 1 is 1.56 bits per heavy atom. The molecule has 0 saturated carbocycles. The van der Waals surface area contributed by atoms with E-state index in [4.69, 9.17) is 4.74 Å². The fraction of sp³-hybridized carbons (Fsp3) is 0.300. The third-order valence-corrected chi connectivity index (χ3v) is 1.95. The molecule has 0 amide bonds. The molecule has 0 bridgehead atoms. The highest BCUT2D eigenvalue weighted by Crippen LogP contribution is 2.34. The van der Waals surface area contributed by atoms with Gasteiger partial charge in [-0.05, 0) is 19.9 Å². The normalized spacial score (nSPS) is 9.88. The summed E-state index contributed by atoms with van der Waals surface area (Å²) in [5.41, 5.74) is -0.645. The Morgan fingerprint density at radius 3 is 2.62 bits per heavy atom. The minimum absolute atomic E-state index is 0.113. The second-order valence-corrected chi connectivity index (χ2v) is 3.08. The predicted octanol–water partition coefficient (Wildman–Crippen LogP) is 1.90. The SMILES string of the molecule is CCOc1cc(C(C)=O)c(O)c([N+](=O)[O-])c1. The molecule has 6 nitrogen and oxygen atoms in total. The number of carbonyl (C=O) groups excluding carboxylic acids is 1. The predicted molar refractivity (Wildman–Crippen MR) is 55.9 cm³/mol. The lowest BCUT2D eigenvalue weighted by atomic mass is 10.1. The summed E-state index contributed by atoms with van der Waals surface area (Å²) in [6.07, 6.45) is 0. The van der Waals surface area contributed by atoms with Crippen LogP contribution in [-0.2, 0) is 0 Å². The second kappa shape index (κ2) is 4.61. The van der Waals surface area contributed by atoms with E-state index in [1.165, 1.54) is 13.0 Å². The van der Waals surface area contributed by atoms with Gasteiger partial charge >= 0.3 is 5.69 Å². The van der Waals surface area contributed by atoms with Crippen LogP contribution in [0.3, 0.4) is 0 Å². The molecule has 1 N–H and O–H groups in total. The second-order valence-electron chi connectivity index (χ2n) is 3.08. The zero-order chi connectivity index (χ0) is 12.3. The topological polar surface area (TPSA) is 89.7 Å². The van der Waals surface area contributed by atoms with Crippen molar-refractivity contribution in [3.05, 3.63) is 27.8 Å². The summed E-state index contributed by atoms with van der Waals surface area (Å²) in [5.74, 6) is -0.889. The Balaban J connectivity index is 3.38. The summed E-state index contributed by atoms with van der Waals surface area (Å²) in [5, 5.41) is 20.1. The first-order valence-corrected chi connectivity index (χ1v) is 4.62. The van der Waals surface area contributed by atoms with Crippen LogP contribution in [0.15, 0.2) is 12.1 Å². The zero-order valence-corrected chi connectivity index (χ0v) is 8.89. The summed E-state index contributed by atoms with van der Waals surface area (Å²) in [6, 6.07) is 2.37. The van der Waals surface area contributed by atoms with Crippen LogP contribution in [0.2, 0.25) is 0 Å². The van der Waals surface area contributed by atoms with Gasteiger partial charge in [-0.15, -0.1) is 0 Å². The van der Waals surface area contributed by atoms with E-state index in [1.54, 1.807) is 6.92 Å². The maximum Gasteiger partial charge on any atom is 0.315 e. The van der Waals surface area contributed by atoms with Crippen LogP contribution in [0.1, 0.15) is 24.2 Å². The number of ketones is 1. The van der Waals surface area contributed by atoms with E-state index in [1.807, 2.05) is 0 Å². The number of Topliss-reactive ketones (excluding diaryl/α,β-unsaturated/α-hetero) is 1. The maximum absolute atomic E-state index is 11.2. The van der Waals surface area contributed by atoms with Crippen molar-refractivity contribution < 1.29 is 19.6 Å². The fourth-order valence-corrected chi connectivity index (χ4v) is 1.25. The molecule has 1 aromatic carbocycles. The number of hydrogen-bond acceptors (Lipinski definition) is 5. The number of phenolic OH excluding ortho intramolecular Hbond substituents is 1. The minimum atomic E-state index is -0.760. The number of ether oxygens (including phenoxy) is 1. The first-order chi connectivity index (χ1) is 7.47. The minimum Gasteiger partial charge on any atom is -0.502 e. The molecule has 1 aromatic rings. The highest BCUT2D eigenvalue weighted by Gasteiger charge is 2.21. The number of nitro groups is 1. The number of nitrogens with zero attached hydrogens (tertiary/aromatic N) is 1. The number of hydrogen-bond donors (Lipinski definition) is 1. The van der Waals surface area contributed by atoms with Crippen molar-refractivity contribution in [2.24, 2.45) is 0 Å².